The number of nitrogens with one attached hydrogen (secondary N) is 2. The number of aromatic nitrogens is 2. The summed E-state index contributed by atoms with van der Waals surface area (Å²) in [6.07, 6.45) is 1.29. The van der Waals surface area contributed by atoms with Crippen molar-refractivity contribution in [2.45, 2.75) is 45.4 Å². The zero-order valence-electron chi connectivity index (χ0n) is 20.1. The van der Waals surface area contributed by atoms with E-state index in [-0.39, 0.29) is 18.9 Å². The Balaban J connectivity index is 1.67. The fraction of sp³-hybridized carbons (Fsp3) is 0.346. The summed E-state index contributed by atoms with van der Waals surface area (Å²) in [5.74, 6) is -1.04. The number of hydrogen-bond donors (Lipinski definition) is 2. The largest absolute Gasteiger partial charge is 0.467 e. The summed E-state index contributed by atoms with van der Waals surface area (Å²) >= 11 is 0. The van der Waals surface area contributed by atoms with E-state index in [1.165, 1.54) is 7.11 Å². The highest BCUT2D eigenvalue weighted by atomic mass is 16.5. The molecule has 0 aliphatic heterocycles. The van der Waals surface area contributed by atoms with Crippen molar-refractivity contribution in [3.05, 3.63) is 72.1 Å². The fourth-order valence-corrected chi connectivity index (χ4v) is 3.52. The molecule has 0 bridgehead atoms. The van der Waals surface area contributed by atoms with E-state index in [0.29, 0.717) is 17.6 Å². The van der Waals surface area contributed by atoms with E-state index < -0.39 is 30.1 Å². The van der Waals surface area contributed by atoms with Gasteiger partial charge in [0.1, 0.15) is 18.7 Å². The minimum absolute atomic E-state index is 0.0775. The Labute approximate surface area is 204 Å². The van der Waals surface area contributed by atoms with Gasteiger partial charge in [0.2, 0.25) is 5.91 Å². The molecule has 0 aliphatic rings. The number of alkyl carbamates (subject to hydrolysis) is 1. The number of esters is 1. The third-order valence-electron chi connectivity index (χ3n) is 5.24. The van der Waals surface area contributed by atoms with Crippen LogP contribution in [0, 0.1) is 5.92 Å². The quantitative estimate of drug-likeness (QED) is 0.430. The smallest absolute Gasteiger partial charge is 0.408 e. The minimum Gasteiger partial charge on any atom is -0.467 e. The Kier molecular flexibility index (Phi) is 9.11. The second-order valence-electron chi connectivity index (χ2n) is 8.53. The predicted octanol–water partition coefficient (Wildman–Crippen LogP) is 3.17. The number of benzene rings is 2. The number of hydrogen-bond acceptors (Lipinski definition) is 7. The topological polar surface area (TPSA) is 120 Å². The molecular formula is C26H30N4O5. The number of carbonyl (C=O) groups excluding carboxylic acids is 3. The zero-order valence-corrected chi connectivity index (χ0v) is 20.1. The molecule has 3 rings (SSSR count). The molecule has 35 heavy (non-hydrogen) atoms. The van der Waals surface area contributed by atoms with Gasteiger partial charge in [-0.2, -0.15) is 0 Å². The first-order valence-electron chi connectivity index (χ1n) is 11.4. The van der Waals surface area contributed by atoms with Crippen LogP contribution in [0.2, 0.25) is 0 Å². The van der Waals surface area contributed by atoms with Crippen LogP contribution in [0.4, 0.5) is 4.79 Å². The molecule has 9 nitrogen and oxygen atoms in total. The fourth-order valence-electron chi connectivity index (χ4n) is 3.52. The molecule has 1 aromatic heterocycles. The van der Waals surface area contributed by atoms with Crippen LogP contribution in [-0.2, 0) is 32.1 Å². The molecule has 2 N–H and O–H groups in total. The van der Waals surface area contributed by atoms with Crippen molar-refractivity contribution in [2.75, 3.05) is 7.11 Å². The second-order valence-corrected chi connectivity index (χ2v) is 8.53. The summed E-state index contributed by atoms with van der Waals surface area (Å²) in [6, 6.07) is 14.7. The molecule has 2 aromatic carbocycles. The average Bonchev–Trinajstić information content (AvgIpc) is 2.86. The molecule has 0 unspecified atom stereocenters. The van der Waals surface area contributed by atoms with Gasteiger partial charge < -0.3 is 20.1 Å². The molecule has 0 fully saturated rings. The molecular weight excluding hydrogens is 448 g/mol. The first kappa shape index (κ1) is 25.6. The van der Waals surface area contributed by atoms with E-state index in [2.05, 4.69) is 20.6 Å². The molecule has 9 heteroatoms. The van der Waals surface area contributed by atoms with Gasteiger partial charge in [-0.25, -0.2) is 14.6 Å². The molecule has 1 heterocycles. The Morgan fingerprint density at radius 2 is 1.60 bits per heavy atom. The highest BCUT2D eigenvalue weighted by Gasteiger charge is 2.29. The normalized spacial score (nSPS) is 12.6. The average molecular weight is 479 g/mol. The molecule has 184 valence electrons. The number of carbonyl (C=O) groups is 3. The van der Waals surface area contributed by atoms with Crippen LogP contribution in [0.25, 0.3) is 11.0 Å². The number of nitrogens with zero attached hydrogens (tertiary/aromatic N) is 2. The predicted molar refractivity (Wildman–Crippen MR) is 130 cm³/mol. The Hall–Kier alpha value is -4.01. The Morgan fingerprint density at radius 1 is 0.914 bits per heavy atom. The SMILES string of the molecule is COC(=O)[C@H](Cc1cnc2ccccc2n1)NC(=O)[C@H](CC(C)C)NC(=O)OCc1ccccc1. The van der Waals surface area contributed by atoms with Crippen LogP contribution >= 0.6 is 0 Å². The van der Waals surface area contributed by atoms with Gasteiger partial charge >= 0.3 is 12.1 Å². The highest BCUT2D eigenvalue weighted by molar-refractivity contribution is 5.89. The summed E-state index contributed by atoms with van der Waals surface area (Å²) < 4.78 is 10.1. The standard InChI is InChI=1S/C26H30N4O5/c1-17(2)13-22(30-26(33)35-16-18-9-5-4-6-10-18)24(31)29-23(25(32)34-3)14-19-15-27-20-11-7-8-12-21(20)28-19/h4-12,15,17,22-23H,13-14,16H2,1-3H3,(H,29,31)(H,30,33)/t22-,23-/m0/s1. The van der Waals surface area contributed by atoms with E-state index in [1.54, 1.807) is 6.20 Å². The van der Waals surface area contributed by atoms with Crippen LogP contribution in [0.1, 0.15) is 31.5 Å². The van der Waals surface area contributed by atoms with Gasteiger partial charge in [0, 0.05) is 12.6 Å². The van der Waals surface area contributed by atoms with Crippen molar-refractivity contribution in [1.29, 1.82) is 0 Å². The zero-order chi connectivity index (χ0) is 25.2. The van der Waals surface area contributed by atoms with Crippen LogP contribution < -0.4 is 10.6 Å². The lowest BCUT2D eigenvalue weighted by molar-refractivity contribution is -0.145. The third kappa shape index (κ3) is 7.77. The summed E-state index contributed by atoms with van der Waals surface area (Å²) in [4.78, 5) is 46.8. The first-order chi connectivity index (χ1) is 16.9. The van der Waals surface area contributed by atoms with E-state index in [0.717, 1.165) is 11.1 Å². The van der Waals surface area contributed by atoms with Gasteiger partial charge in [0.25, 0.3) is 0 Å². The molecule has 2 atom stereocenters. The van der Waals surface area contributed by atoms with Crippen LogP contribution in [0.15, 0.2) is 60.8 Å². The summed E-state index contributed by atoms with van der Waals surface area (Å²) in [6.45, 7) is 3.94. The minimum atomic E-state index is -1.00. The van der Waals surface area contributed by atoms with Crippen molar-refractivity contribution >= 4 is 29.0 Å². The van der Waals surface area contributed by atoms with Gasteiger partial charge in [-0.05, 0) is 30.0 Å². The molecule has 0 saturated carbocycles. The summed E-state index contributed by atoms with van der Waals surface area (Å²) in [5, 5.41) is 5.31. The summed E-state index contributed by atoms with van der Waals surface area (Å²) in [5.41, 5.74) is 2.76. The van der Waals surface area contributed by atoms with E-state index >= 15 is 0 Å². The lowest BCUT2D eigenvalue weighted by Crippen LogP contribution is -2.53. The number of amides is 2. The number of rotatable bonds is 10. The molecule has 0 aliphatic carbocycles. The van der Waals surface area contributed by atoms with Crippen LogP contribution in [-0.4, -0.2) is 47.1 Å². The lowest BCUT2D eigenvalue weighted by Gasteiger charge is -2.23. The van der Waals surface area contributed by atoms with Crippen molar-refractivity contribution in [1.82, 2.24) is 20.6 Å². The van der Waals surface area contributed by atoms with Crippen molar-refractivity contribution < 1.29 is 23.9 Å². The van der Waals surface area contributed by atoms with E-state index in [4.69, 9.17) is 9.47 Å². The molecule has 2 amide bonds. The first-order valence-corrected chi connectivity index (χ1v) is 11.4. The number of para-hydroxylation sites is 2. The molecule has 0 saturated heterocycles. The van der Waals surface area contributed by atoms with E-state index in [1.807, 2.05) is 68.4 Å². The monoisotopic (exact) mass is 478 g/mol. The van der Waals surface area contributed by atoms with Crippen molar-refractivity contribution in [2.24, 2.45) is 5.92 Å². The van der Waals surface area contributed by atoms with Crippen LogP contribution in [0.3, 0.4) is 0 Å². The summed E-state index contributed by atoms with van der Waals surface area (Å²) in [7, 11) is 1.25. The maximum absolute atomic E-state index is 13.1. The van der Waals surface area contributed by atoms with Crippen molar-refractivity contribution in [3.63, 3.8) is 0 Å². The van der Waals surface area contributed by atoms with Gasteiger partial charge in [-0.3, -0.25) is 9.78 Å². The highest BCUT2D eigenvalue weighted by Crippen LogP contribution is 2.12. The van der Waals surface area contributed by atoms with Gasteiger partial charge in [-0.15, -0.1) is 0 Å². The Morgan fingerprint density at radius 3 is 2.29 bits per heavy atom. The lowest BCUT2D eigenvalue weighted by atomic mass is 10.0. The van der Waals surface area contributed by atoms with E-state index in [9.17, 15) is 14.4 Å². The molecule has 3 aromatic rings. The number of fused-ring (bicyclic) bond motifs is 1. The number of ether oxygens (including phenoxy) is 2. The molecule has 0 radical (unpaired) electrons. The van der Waals surface area contributed by atoms with Crippen molar-refractivity contribution in [3.8, 4) is 0 Å². The maximum atomic E-state index is 13.1. The van der Waals surface area contributed by atoms with Gasteiger partial charge in [0.05, 0.1) is 23.8 Å². The van der Waals surface area contributed by atoms with Gasteiger partial charge in [0.15, 0.2) is 0 Å². The number of methoxy groups -OCH3 is 1. The second kappa shape index (κ2) is 12.5. The third-order valence-corrected chi connectivity index (χ3v) is 5.24. The molecule has 0 spiro atoms. The maximum Gasteiger partial charge on any atom is 0.408 e. The van der Waals surface area contributed by atoms with Gasteiger partial charge in [-0.1, -0.05) is 56.3 Å². The van der Waals surface area contributed by atoms with Crippen LogP contribution in [0.5, 0.6) is 0 Å². The Bertz CT molecular complexity index is 1150.